The summed E-state index contributed by atoms with van der Waals surface area (Å²) >= 11 is 0. The van der Waals surface area contributed by atoms with E-state index in [1.807, 2.05) is 26.0 Å². The molecular formula is C18H20N2O4. The highest BCUT2D eigenvalue weighted by molar-refractivity contribution is 5.96. The number of hydrogen-bond acceptors (Lipinski definition) is 4. The Balaban J connectivity index is 2.11. The molecule has 0 aliphatic rings. The number of nitro groups is 1. The minimum Gasteiger partial charge on any atom is -0.481 e. The van der Waals surface area contributed by atoms with Crippen molar-refractivity contribution in [2.75, 3.05) is 5.32 Å². The van der Waals surface area contributed by atoms with E-state index >= 15 is 0 Å². The minimum absolute atomic E-state index is 0.137. The summed E-state index contributed by atoms with van der Waals surface area (Å²) in [6.45, 7) is 7.31. The molecule has 0 aromatic heterocycles. The molecule has 2 rings (SSSR count). The first-order chi connectivity index (χ1) is 11.3. The number of carbonyl (C=O) groups excluding carboxylic acids is 1. The first-order valence-electron chi connectivity index (χ1n) is 7.57. The van der Waals surface area contributed by atoms with E-state index < -0.39 is 16.9 Å². The van der Waals surface area contributed by atoms with Gasteiger partial charge in [0.2, 0.25) is 0 Å². The van der Waals surface area contributed by atoms with Gasteiger partial charge in [0.25, 0.3) is 11.6 Å². The number of nitrogens with one attached hydrogen (secondary N) is 1. The van der Waals surface area contributed by atoms with Crippen LogP contribution in [0.15, 0.2) is 36.4 Å². The van der Waals surface area contributed by atoms with Gasteiger partial charge in [0.05, 0.1) is 4.92 Å². The Kier molecular flexibility index (Phi) is 5.18. The highest BCUT2D eigenvalue weighted by atomic mass is 16.6. The van der Waals surface area contributed by atoms with Crippen molar-refractivity contribution in [2.45, 2.75) is 33.8 Å². The molecule has 0 aliphatic heterocycles. The van der Waals surface area contributed by atoms with Crippen molar-refractivity contribution in [1.29, 1.82) is 0 Å². The number of amides is 1. The molecule has 0 heterocycles. The van der Waals surface area contributed by atoms with Gasteiger partial charge in [0.1, 0.15) is 11.4 Å². The van der Waals surface area contributed by atoms with Gasteiger partial charge in [-0.05, 0) is 62.6 Å². The van der Waals surface area contributed by atoms with Crippen molar-refractivity contribution in [3.63, 3.8) is 0 Å². The molecule has 2 aromatic carbocycles. The van der Waals surface area contributed by atoms with Crippen LogP contribution in [0.3, 0.4) is 0 Å². The molecule has 1 N–H and O–H groups in total. The summed E-state index contributed by atoms with van der Waals surface area (Å²) in [5.74, 6) is 0.138. The quantitative estimate of drug-likeness (QED) is 0.666. The summed E-state index contributed by atoms with van der Waals surface area (Å²) < 4.78 is 5.63. The van der Waals surface area contributed by atoms with E-state index in [-0.39, 0.29) is 11.4 Å². The third-order valence-corrected chi connectivity index (χ3v) is 3.77. The number of aryl methyl sites for hydroxylation is 3. The van der Waals surface area contributed by atoms with Crippen LogP contribution < -0.4 is 10.1 Å². The molecular weight excluding hydrogens is 308 g/mol. The fourth-order valence-corrected chi connectivity index (χ4v) is 2.18. The second-order valence-electron chi connectivity index (χ2n) is 5.77. The lowest BCUT2D eigenvalue weighted by Crippen LogP contribution is -2.30. The summed E-state index contributed by atoms with van der Waals surface area (Å²) in [5.41, 5.74) is 2.97. The highest BCUT2D eigenvalue weighted by Gasteiger charge is 2.20. The SMILES string of the molecule is Cc1ccc(NC(=O)C(C)Oc2ccc(C)c(C)c2)c([N+](=O)[O-])c1. The standard InChI is InChI=1S/C18H20N2O4/c1-11-5-8-16(17(9-11)20(22)23)19-18(21)14(4)24-15-7-6-12(2)13(3)10-15/h5-10,14H,1-4H3,(H,19,21). The predicted molar refractivity (Wildman–Crippen MR) is 92.5 cm³/mol. The van der Waals surface area contributed by atoms with Crippen LogP contribution in [-0.4, -0.2) is 16.9 Å². The van der Waals surface area contributed by atoms with Gasteiger partial charge < -0.3 is 10.1 Å². The van der Waals surface area contributed by atoms with E-state index in [4.69, 9.17) is 4.74 Å². The fraction of sp³-hybridized carbons (Fsp3) is 0.278. The molecule has 24 heavy (non-hydrogen) atoms. The van der Waals surface area contributed by atoms with E-state index in [0.29, 0.717) is 5.75 Å². The van der Waals surface area contributed by atoms with E-state index in [2.05, 4.69) is 5.32 Å². The zero-order valence-corrected chi connectivity index (χ0v) is 14.1. The van der Waals surface area contributed by atoms with Crippen LogP contribution in [0.1, 0.15) is 23.6 Å². The Bertz CT molecular complexity index is 787. The Morgan fingerprint density at radius 3 is 2.46 bits per heavy atom. The van der Waals surface area contributed by atoms with E-state index in [1.165, 1.54) is 12.1 Å². The zero-order chi connectivity index (χ0) is 17.9. The van der Waals surface area contributed by atoms with Gasteiger partial charge in [0, 0.05) is 6.07 Å². The summed E-state index contributed by atoms with van der Waals surface area (Å²) in [6, 6.07) is 10.2. The summed E-state index contributed by atoms with van der Waals surface area (Å²) in [5, 5.41) is 13.7. The van der Waals surface area contributed by atoms with Crippen LogP contribution in [0.25, 0.3) is 0 Å². The topological polar surface area (TPSA) is 81.5 Å². The minimum atomic E-state index is -0.784. The highest BCUT2D eigenvalue weighted by Crippen LogP contribution is 2.26. The second kappa shape index (κ2) is 7.12. The van der Waals surface area contributed by atoms with Crippen LogP contribution >= 0.6 is 0 Å². The smallest absolute Gasteiger partial charge is 0.293 e. The van der Waals surface area contributed by atoms with Crippen molar-refractivity contribution in [2.24, 2.45) is 0 Å². The Morgan fingerprint density at radius 2 is 1.83 bits per heavy atom. The molecule has 0 spiro atoms. The van der Waals surface area contributed by atoms with Gasteiger partial charge in [-0.1, -0.05) is 12.1 Å². The van der Waals surface area contributed by atoms with Crippen LogP contribution in [0.2, 0.25) is 0 Å². The van der Waals surface area contributed by atoms with Gasteiger partial charge in [-0.25, -0.2) is 0 Å². The molecule has 1 atom stereocenters. The van der Waals surface area contributed by atoms with Crippen LogP contribution in [0, 0.1) is 30.9 Å². The van der Waals surface area contributed by atoms with Gasteiger partial charge in [-0.15, -0.1) is 0 Å². The van der Waals surface area contributed by atoms with Gasteiger partial charge in [0.15, 0.2) is 6.10 Å². The summed E-state index contributed by atoms with van der Waals surface area (Å²) in [6.07, 6.45) is -0.784. The number of anilines is 1. The number of carbonyl (C=O) groups is 1. The number of nitrogens with zero attached hydrogens (tertiary/aromatic N) is 1. The molecule has 1 unspecified atom stereocenters. The number of benzene rings is 2. The van der Waals surface area contributed by atoms with E-state index in [1.54, 1.807) is 26.0 Å². The molecule has 6 heteroatoms. The molecule has 0 bridgehead atoms. The Morgan fingerprint density at radius 1 is 1.12 bits per heavy atom. The third kappa shape index (κ3) is 4.10. The summed E-state index contributed by atoms with van der Waals surface area (Å²) in [7, 11) is 0. The van der Waals surface area contributed by atoms with Gasteiger partial charge in [-0.3, -0.25) is 14.9 Å². The molecule has 0 saturated heterocycles. The Hall–Kier alpha value is -2.89. The normalized spacial score (nSPS) is 11.7. The monoisotopic (exact) mass is 328 g/mol. The number of ether oxygens (including phenoxy) is 1. The molecule has 1 amide bonds. The molecule has 2 aromatic rings. The maximum Gasteiger partial charge on any atom is 0.293 e. The average Bonchev–Trinajstić information content (AvgIpc) is 2.52. The summed E-state index contributed by atoms with van der Waals surface area (Å²) in [4.78, 5) is 22.9. The maximum absolute atomic E-state index is 12.3. The van der Waals surface area contributed by atoms with E-state index in [0.717, 1.165) is 16.7 Å². The van der Waals surface area contributed by atoms with Crippen LogP contribution in [-0.2, 0) is 4.79 Å². The molecule has 0 saturated carbocycles. The fourth-order valence-electron chi connectivity index (χ4n) is 2.18. The lowest BCUT2D eigenvalue weighted by Gasteiger charge is -2.15. The average molecular weight is 328 g/mol. The molecule has 0 radical (unpaired) electrons. The molecule has 126 valence electrons. The second-order valence-corrected chi connectivity index (χ2v) is 5.77. The van der Waals surface area contributed by atoms with Crippen LogP contribution in [0.5, 0.6) is 5.75 Å². The lowest BCUT2D eigenvalue weighted by atomic mass is 10.1. The van der Waals surface area contributed by atoms with Crippen molar-refractivity contribution in [3.8, 4) is 5.75 Å². The first kappa shape index (κ1) is 17.5. The van der Waals surface area contributed by atoms with Crippen molar-refractivity contribution in [3.05, 3.63) is 63.2 Å². The maximum atomic E-state index is 12.3. The molecule has 6 nitrogen and oxygen atoms in total. The van der Waals surface area contributed by atoms with Crippen molar-refractivity contribution < 1.29 is 14.5 Å². The van der Waals surface area contributed by atoms with Crippen molar-refractivity contribution >= 4 is 17.3 Å². The van der Waals surface area contributed by atoms with Crippen LogP contribution in [0.4, 0.5) is 11.4 Å². The third-order valence-electron chi connectivity index (χ3n) is 3.77. The predicted octanol–water partition coefficient (Wildman–Crippen LogP) is 3.93. The largest absolute Gasteiger partial charge is 0.481 e. The number of nitro benzene ring substituents is 1. The van der Waals surface area contributed by atoms with Crippen molar-refractivity contribution in [1.82, 2.24) is 0 Å². The Labute approximate surface area is 140 Å². The number of rotatable bonds is 5. The van der Waals surface area contributed by atoms with Gasteiger partial charge in [-0.2, -0.15) is 0 Å². The number of hydrogen-bond donors (Lipinski definition) is 1. The molecule has 0 aliphatic carbocycles. The van der Waals surface area contributed by atoms with Gasteiger partial charge >= 0.3 is 0 Å². The first-order valence-corrected chi connectivity index (χ1v) is 7.57. The zero-order valence-electron chi connectivity index (χ0n) is 14.1. The lowest BCUT2D eigenvalue weighted by molar-refractivity contribution is -0.384. The van der Waals surface area contributed by atoms with E-state index in [9.17, 15) is 14.9 Å². The molecule has 0 fully saturated rings.